The minimum Gasteiger partial charge on any atom is -0.493 e. The molecule has 0 radical (unpaired) electrons. The topological polar surface area (TPSA) is 93.5 Å². The third kappa shape index (κ3) is 2.97. The molecule has 0 unspecified atom stereocenters. The third-order valence-corrected chi connectivity index (χ3v) is 6.25. The number of sulfonamides is 1. The number of anilines is 1. The standard InChI is InChI=1S/C17H20N4O4S/c1-20-16(6-8-18-20)21-9-2-3-14(17(21)22)19-26(23,24)13-4-5-15-12(11-13)7-10-25-15/h4-6,8,11,14,19H,2-3,7,9-10H2,1H3/t14-/m0/s1. The van der Waals surface area contributed by atoms with Crippen LogP contribution < -0.4 is 14.4 Å². The summed E-state index contributed by atoms with van der Waals surface area (Å²) in [7, 11) is -2.04. The maximum Gasteiger partial charge on any atom is 0.246 e. The van der Waals surface area contributed by atoms with Gasteiger partial charge in [0.1, 0.15) is 17.6 Å². The van der Waals surface area contributed by atoms with Crippen LogP contribution in [0, 0.1) is 0 Å². The van der Waals surface area contributed by atoms with E-state index in [4.69, 9.17) is 4.74 Å². The Morgan fingerprint density at radius 3 is 2.92 bits per heavy atom. The minimum absolute atomic E-state index is 0.159. The summed E-state index contributed by atoms with van der Waals surface area (Å²) in [6, 6.07) is 5.76. The lowest BCUT2D eigenvalue weighted by Crippen LogP contribution is -2.52. The third-order valence-electron chi connectivity index (χ3n) is 4.78. The molecule has 138 valence electrons. The van der Waals surface area contributed by atoms with Gasteiger partial charge in [0.2, 0.25) is 15.9 Å². The Bertz CT molecular complexity index is 953. The number of hydrogen-bond donors (Lipinski definition) is 1. The van der Waals surface area contributed by atoms with Crippen LogP contribution in [-0.4, -0.2) is 43.3 Å². The Kier molecular flexibility index (Phi) is 4.20. The van der Waals surface area contributed by atoms with Gasteiger partial charge in [0.15, 0.2) is 0 Å². The predicted molar refractivity (Wildman–Crippen MR) is 94.5 cm³/mol. The number of fused-ring (bicyclic) bond motifs is 1. The Labute approximate surface area is 151 Å². The van der Waals surface area contributed by atoms with Crippen LogP contribution in [0.1, 0.15) is 18.4 Å². The highest BCUT2D eigenvalue weighted by Gasteiger charge is 2.34. The van der Waals surface area contributed by atoms with Crippen LogP contribution >= 0.6 is 0 Å². The molecule has 1 aromatic heterocycles. The normalized spacial score (nSPS) is 20.1. The molecule has 0 spiro atoms. The van der Waals surface area contributed by atoms with E-state index in [2.05, 4.69) is 9.82 Å². The number of nitrogens with one attached hydrogen (secondary N) is 1. The second-order valence-electron chi connectivity index (χ2n) is 6.49. The van der Waals surface area contributed by atoms with E-state index in [0.29, 0.717) is 38.2 Å². The first-order valence-electron chi connectivity index (χ1n) is 8.53. The quantitative estimate of drug-likeness (QED) is 0.853. The SMILES string of the molecule is Cn1nccc1N1CCC[C@H](NS(=O)(=O)c2ccc3c(c2)CCO3)C1=O. The van der Waals surface area contributed by atoms with Crippen molar-refractivity contribution in [3.8, 4) is 5.75 Å². The highest BCUT2D eigenvalue weighted by molar-refractivity contribution is 7.89. The molecule has 2 aromatic rings. The molecular weight excluding hydrogens is 356 g/mol. The fourth-order valence-corrected chi connectivity index (χ4v) is 4.70. The van der Waals surface area contributed by atoms with Crippen LogP contribution in [0.2, 0.25) is 0 Å². The number of carbonyl (C=O) groups excluding carboxylic acids is 1. The van der Waals surface area contributed by atoms with Crippen LogP contribution in [0.25, 0.3) is 0 Å². The summed E-state index contributed by atoms with van der Waals surface area (Å²) >= 11 is 0. The van der Waals surface area contributed by atoms with E-state index < -0.39 is 16.1 Å². The van der Waals surface area contributed by atoms with Crippen molar-refractivity contribution in [1.82, 2.24) is 14.5 Å². The predicted octanol–water partition coefficient (Wildman–Crippen LogP) is 0.829. The molecular formula is C17H20N4O4S. The first kappa shape index (κ1) is 17.0. The number of benzene rings is 1. The Morgan fingerprint density at radius 2 is 2.15 bits per heavy atom. The molecule has 4 rings (SSSR count). The molecule has 1 N–H and O–H groups in total. The van der Waals surface area contributed by atoms with Gasteiger partial charge in [0.05, 0.1) is 17.7 Å². The van der Waals surface area contributed by atoms with Crippen molar-refractivity contribution in [1.29, 1.82) is 0 Å². The highest BCUT2D eigenvalue weighted by atomic mass is 32.2. The van der Waals surface area contributed by atoms with Gasteiger partial charge in [-0.2, -0.15) is 9.82 Å². The number of amides is 1. The summed E-state index contributed by atoms with van der Waals surface area (Å²) in [5, 5.41) is 4.08. The number of carbonyl (C=O) groups is 1. The highest BCUT2D eigenvalue weighted by Crippen LogP contribution is 2.28. The molecule has 1 fully saturated rings. The number of hydrogen-bond acceptors (Lipinski definition) is 5. The molecule has 0 saturated carbocycles. The molecule has 26 heavy (non-hydrogen) atoms. The lowest BCUT2D eigenvalue weighted by molar-refractivity contribution is -0.121. The maximum absolute atomic E-state index is 12.8. The lowest BCUT2D eigenvalue weighted by Gasteiger charge is -2.32. The van der Waals surface area contributed by atoms with Gasteiger partial charge in [0.25, 0.3) is 0 Å². The molecule has 0 bridgehead atoms. The molecule has 1 saturated heterocycles. The zero-order chi connectivity index (χ0) is 18.3. The summed E-state index contributed by atoms with van der Waals surface area (Å²) in [5.74, 6) is 1.13. The van der Waals surface area contributed by atoms with Gasteiger partial charge in [0, 0.05) is 26.1 Å². The number of aromatic nitrogens is 2. The van der Waals surface area contributed by atoms with E-state index in [9.17, 15) is 13.2 Å². The van der Waals surface area contributed by atoms with E-state index in [1.807, 2.05) is 0 Å². The van der Waals surface area contributed by atoms with Crippen LogP contribution in [0.4, 0.5) is 5.82 Å². The molecule has 9 heteroatoms. The molecule has 2 aliphatic rings. The largest absolute Gasteiger partial charge is 0.493 e. The summed E-state index contributed by atoms with van der Waals surface area (Å²) in [4.78, 5) is 14.6. The van der Waals surface area contributed by atoms with E-state index in [0.717, 1.165) is 11.3 Å². The van der Waals surface area contributed by atoms with Crippen molar-refractivity contribution in [2.45, 2.75) is 30.2 Å². The number of ether oxygens (including phenoxy) is 1. The summed E-state index contributed by atoms with van der Waals surface area (Å²) < 4.78 is 35.1. The monoisotopic (exact) mass is 376 g/mol. The Hall–Kier alpha value is -2.39. The number of aryl methyl sites for hydroxylation is 1. The van der Waals surface area contributed by atoms with Crippen molar-refractivity contribution in [3.05, 3.63) is 36.0 Å². The van der Waals surface area contributed by atoms with Gasteiger partial charge in [-0.15, -0.1) is 0 Å². The molecule has 1 atom stereocenters. The molecule has 8 nitrogen and oxygen atoms in total. The molecule has 0 aliphatic carbocycles. The maximum atomic E-state index is 12.8. The van der Waals surface area contributed by atoms with Gasteiger partial charge < -0.3 is 4.74 Å². The average Bonchev–Trinajstić information content (AvgIpc) is 3.24. The summed E-state index contributed by atoms with van der Waals surface area (Å²) in [6.45, 7) is 1.11. The second-order valence-corrected chi connectivity index (χ2v) is 8.20. The van der Waals surface area contributed by atoms with Crippen molar-refractivity contribution >= 4 is 21.7 Å². The average molecular weight is 376 g/mol. The summed E-state index contributed by atoms with van der Waals surface area (Å²) in [6.07, 6.45) is 3.49. The lowest BCUT2D eigenvalue weighted by atomic mass is 10.1. The zero-order valence-electron chi connectivity index (χ0n) is 14.4. The second kappa shape index (κ2) is 6.40. The van der Waals surface area contributed by atoms with Crippen molar-refractivity contribution in [2.75, 3.05) is 18.1 Å². The van der Waals surface area contributed by atoms with Gasteiger partial charge in [-0.3, -0.25) is 14.4 Å². The number of nitrogens with zero attached hydrogens (tertiary/aromatic N) is 3. The van der Waals surface area contributed by atoms with Gasteiger partial charge >= 0.3 is 0 Å². The summed E-state index contributed by atoms with van der Waals surface area (Å²) in [5.41, 5.74) is 0.874. The first-order valence-corrected chi connectivity index (χ1v) is 10.0. The van der Waals surface area contributed by atoms with Crippen LogP contribution in [0.15, 0.2) is 35.4 Å². The van der Waals surface area contributed by atoms with Gasteiger partial charge in [-0.1, -0.05) is 0 Å². The number of rotatable bonds is 4. The van der Waals surface area contributed by atoms with Crippen LogP contribution in [0.3, 0.4) is 0 Å². The fraction of sp³-hybridized carbons (Fsp3) is 0.412. The fourth-order valence-electron chi connectivity index (χ4n) is 3.43. The smallest absolute Gasteiger partial charge is 0.246 e. The Balaban J connectivity index is 1.56. The van der Waals surface area contributed by atoms with Gasteiger partial charge in [-0.25, -0.2) is 8.42 Å². The Morgan fingerprint density at radius 1 is 1.31 bits per heavy atom. The minimum atomic E-state index is -3.79. The van der Waals surface area contributed by atoms with Crippen molar-refractivity contribution in [3.63, 3.8) is 0 Å². The molecule has 1 aromatic carbocycles. The van der Waals surface area contributed by atoms with Crippen LogP contribution in [-0.2, 0) is 28.3 Å². The zero-order valence-corrected chi connectivity index (χ0v) is 15.2. The van der Waals surface area contributed by atoms with E-state index in [-0.39, 0.29) is 10.8 Å². The van der Waals surface area contributed by atoms with Gasteiger partial charge in [-0.05, 0) is 36.6 Å². The van der Waals surface area contributed by atoms with E-state index in [1.165, 1.54) is 6.07 Å². The number of piperidine rings is 1. The van der Waals surface area contributed by atoms with Crippen molar-refractivity contribution < 1.29 is 17.9 Å². The van der Waals surface area contributed by atoms with E-state index >= 15 is 0 Å². The molecule has 1 amide bonds. The van der Waals surface area contributed by atoms with Crippen LogP contribution in [0.5, 0.6) is 5.75 Å². The van der Waals surface area contributed by atoms with E-state index in [1.54, 1.807) is 41.0 Å². The molecule has 2 aliphatic heterocycles. The first-order chi connectivity index (χ1) is 12.5. The van der Waals surface area contributed by atoms with Crippen molar-refractivity contribution in [2.24, 2.45) is 7.05 Å². The molecule has 3 heterocycles.